The Balaban J connectivity index is 0. The number of halogens is 1. The van der Waals surface area contributed by atoms with Crippen LogP contribution in [0.25, 0.3) is 0 Å². The predicted molar refractivity (Wildman–Crippen MR) is 57.8 cm³/mol. The lowest BCUT2D eigenvalue weighted by atomic mass is 9.93. The summed E-state index contributed by atoms with van der Waals surface area (Å²) in [7, 11) is 6.37. The number of carbonyl (C=O) groups is 1. The van der Waals surface area contributed by atoms with E-state index in [1.165, 1.54) is 6.08 Å². The molecule has 0 spiro atoms. The Labute approximate surface area is 99.1 Å². The second kappa shape index (κ2) is 6.13. The zero-order valence-electron chi connectivity index (χ0n) is 10.3. The lowest BCUT2D eigenvalue weighted by Gasteiger charge is -2.33. The molecule has 0 aliphatic carbocycles. The van der Waals surface area contributed by atoms with Crippen LogP contribution in [-0.2, 0) is 9.53 Å². The lowest BCUT2D eigenvalue weighted by Crippen LogP contribution is -3.00. The first-order valence-corrected chi connectivity index (χ1v) is 4.76. The van der Waals surface area contributed by atoms with Gasteiger partial charge in [-0.3, -0.25) is 0 Å². The summed E-state index contributed by atoms with van der Waals surface area (Å²) in [6.45, 7) is 8.93. The van der Waals surface area contributed by atoms with Crippen molar-refractivity contribution in [3.8, 4) is 0 Å². The Morgan fingerprint density at radius 3 is 2.20 bits per heavy atom. The maximum atomic E-state index is 10.9. The quantitative estimate of drug-likeness (QED) is 0.328. The Bertz CT molecular complexity index is 219. The van der Waals surface area contributed by atoms with Crippen molar-refractivity contribution in [1.82, 2.24) is 0 Å². The number of ether oxygens (including phenoxy) is 1. The zero-order chi connectivity index (χ0) is 11.4. The molecule has 0 heterocycles. The normalized spacial score (nSPS) is 11.5. The molecule has 0 unspecified atom stereocenters. The van der Waals surface area contributed by atoms with Crippen LogP contribution in [0.15, 0.2) is 12.7 Å². The summed E-state index contributed by atoms with van der Waals surface area (Å²) in [5.41, 5.74) is -0.00306. The standard InChI is InChI=1S/C11H22NO2.ClH/c1-7-10(13)14-9-11(2,3)8-12(4,5)6;/h7H,1,8-9H2,2-6H3;1H/q+1;/p-1. The summed E-state index contributed by atoms with van der Waals surface area (Å²) < 4.78 is 5.89. The Morgan fingerprint density at radius 2 is 1.87 bits per heavy atom. The van der Waals surface area contributed by atoms with E-state index in [0.29, 0.717) is 6.61 Å². The van der Waals surface area contributed by atoms with Gasteiger partial charge in [-0.2, -0.15) is 0 Å². The summed E-state index contributed by atoms with van der Waals surface area (Å²) >= 11 is 0. The van der Waals surface area contributed by atoms with E-state index in [1.807, 2.05) is 0 Å². The average Bonchev–Trinajstić information content (AvgIpc) is 1.96. The molecule has 90 valence electrons. The summed E-state index contributed by atoms with van der Waals surface area (Å²) in [4.78, 5) is 10.9. The van der Waals surface area contributed by atoms with E-state index in [-0.39, 0.29) is 23.8 Å². The highest BCUT2D eigenvalue weighted by Crippen LogP contribution is 2.18. The fourth-order valence-electron chi connectivity index (χ4n) is 1.66. The Kier molecular flexibility index (Phi) is 6.90. The molecule has 0 bridgehead atoms. The van der Waals surface area contributed by atoms with E-state index in [9.17, 15) is 4.79 Å². The average molecular weight is 236 g/mol. The van der Waals surface area contributed by atoms with Crippen LogP contribution < -0.4 is 12.4 Å². The fraction of sp³-hybridized carbons (Fsp3) is 0.727. The Hall–Kier alpha value is -0.540. The molecule has 0 rings (SSSR count). The number of hydrogen-bond acceptors (Lipinski definition) is 2. The molecule has 0 fully saturated rings. The third-order valence-electron chi connectivity index (χ3n) is 1.67. The molecule has 4 heteroatoms. The van der Waals surface area contributed by atoms with Crippen molar-refractivity contribution in [3.05, 3.63) is 12.7 Å². The summed E-state index contributed by atoms with van der Waals surface area (Å²) in [5.74, 6) is -0.348. The van der Waals surface area contributed by atoms with Crippen molar-refractivity contribution in [1.29, 1.82) is 0 Å². The van der Waals surface area contributed by atoms with Crippen LogP contribution >= 0.6 is 0 Å². The number of nitrogens with zero attached hydrogens (tertiary/aromatic N) is 1. The van der Waals surface area contributed by atoms with Crippen LogP contribution in [0.5, 0.6) is 0 Å². The SMILES string of the molecule is C=CC(=O)OCC(C)(C)C[N+](C)(C)C.[Cl-]. The van der Waals surface area contributed by atoms with Gasteiger partial charge in [-0.05, 0) is 0 Å². The lowest BCUT2D eigenvalue weighted by molar-refractivity contribution is -0.877. The van der Waals surface area contributed by atoms with Crippen LogP contribution in [0.1, 0.15) is 13.8 Å². The van der Waals surface area contributed by atoms with Gasteiger partial charge in [0.05, 0.1) is 27.7 Å². The first-order valence-electron chi connectivity index (χ1n) is 4.76. The molecule has 0 N–H and O–H groups in total. The molecule has 0 aliphatic heterocycles. The van der Waals surface area contributed by atoms with Gasteiger partial charge in [0.1, 0.15) is 6.61 Å². The molecule has 0 atom stereocenters. The topological polar surface area (TPSA) is 26.3 Å². The number of quaternary nitrogens is 1. The van der Waals surface area contributed by atoms with E-state index in [1.54, 1.807) is 0 Å². The van der Waals surface area contributed by atoms with Gasteiger partial charge in [0, 0.05) is 11.5 Å². The maximum Gasteiger partial charge on any atom is 0.330 e. The highest BCUT2D eigenvalue weighted by atomic mass is 35.5. The van der Waals surface area contributed by atoms with Gasteiger partial charge in [0.15, 0.2) is 0 Å². The fourth-order valence-corrected chi connectivity index (χ4v) is 1.66. The maximum absolute atomic E-state index is 10.9. The minimum Gasteiger partial charge on any atom is -1.00 e. The molecule has 0 aliphatic rings. The van der Waals surface area contributed by atoms with Gasteiger partial charge >= 0.3 is 5.97 Å². The summed E-state index contributed by atoms with van der Waals surface area (Å²) in [5, 5.41) is 0. The monoisotopic (exact) mass is 235 g/mol. The van der Waals surface area contributed by atoms with Crippen LogP contribution in [0, 0.1) is 5.41 Å². The van der Waals surface area contributed by atoms with E-state index in [0.717, 1.165) is 11.0 Å². The summed E-state index contributed by atoms with van der Waals surface area (Å²) in [6.07, 6.45) is 1.20. The molecule has 0 radical (unpaired) electrons. The molecule has 0 amide bonds. The molecule has 0 aromatic heterocycles. The van der Waals surface area contributed by atoms with Gasteiger partial charge < -0.3 is 21.6 Å². The van der Waals surface area contributed by atoms with Crippen LogP contribution in [0.2, 0.25) is 0 Å². The highest BCUT2D eigenvalue weighted by Gasteiger charge is 2.27. The Morgan fingerprint density at radius 1 is 1.40 bits per heavy atom. The van der Waals surface area contributed by atoms with Crippen molar-refractivity contribution in [2.24, 2.45) is 5.41 Å². The third kappa shape index (κ3) is 9.76. The molecule has 3 nitrogen and oxygen atoms in total. The van der Waals surface area contributed by atoms with E-state index < -0.39 is 0 Å². The zero-order valence-corrected chi connectivity index (χ0v) is 11.1. The van der Waals surface area contributed by atoms with Crippen molar-refractivity contribution >= 4 is 5.97 Å². The van der Waals surface area contributed by atoms with Crippen molar-refractivity contribution in [3.63, 3.8) is 0 Å². The number of rotatable bonds is 5. The smallest absolute Gasteiger partial charge is 0.330 e. The van der Waals surface area contributed by atoms with Crippen molar-refractivity contribution in [2.75, 3.05) is 34.3 Å². The van der Waals surface area contributed by atoms with Gasteiger partial charge in [0.2, 0.25) is 0 Å². The van der Waals surface area contributed by atoms with E-state index >= 15 is 0 Å². The highest BCUT2D eigenvalue weighted by molar-refractivity contribution is 5.81. The summed E-state index contributed by atoms with van der Waals surface area (Å²) in [6, 6.07) is 0. The van der Waals surface area contributed by atoms with Gasteiger partial charge in [-0.15, -0.1) is 0 Å². The second-order valence-corrected chi connectivity index (χ2v) is 5.42. The van der Waals surface area contributed by atoms with Gasteiger partial charge in [-0.25, -0.2) is 4.79 Å². The molecule has 0 aromatic rings. The number of carbonyl (C=O) groups excluding carboxylic acids is 1. The van der Waals surface area contributed by atoms with Crippen LogP contribution in [0.3, 0.4) is 0 Å². The van der Waals surface area contributed by atoms with Crippen LogP contribution in [-0.4, -0.2) is 44.7 Å². The van der Waals surface area contributed by atoms with Gasteiger partial charge in [0.25, 0.3) is 0 Å². The number of esters is 1. The van der Waals surface area contributed by atoms with E-state index in [4.69, 9.17) is 4.74 Å². The van der Waals surface area contributed by atoms with Gasteiger partial charge in [-0.1, -0.05) is 20.4 Å². The van der Waals surface area contributed by atoms with Crippen molar-refractivity contribution in [2.45, 2.75) is 13.8 Å². The molecular formula is C11H22ClNO2. The minimum atomic E-state index is -0.348. The molecule has 0 aromatic carbocycles. The third-order valence-corrected chi connectivity index (χ3v) is 1.67. The number of hydrogen-bond donors (Lipinski definition) is 0. The predicted octanol–water partition coefficient (Wildman–Crippen LogP) is -1.55. The molecular weight excluding hydrogens is 214 g/mol. The van der Waals surface area contributed by atoms with Crippen molar-refractivity contribution < 1.29 is 26.4 Å². The molecule has 0 saturated heterocycles. The largest absolute Gasteiger partial charge is 1.00 e. The van der Waals surface area contributed by atoms with E-state index in [2.05, 4.69) is 41.6 Å². The minimum absolute atomic E-state index is 0. The first-order chi connectivity index (χ1) is 6.16. The van der Waals surface area contributed by atoms with Crippen LogP contribution in [0.4, 0.5) is 0 Å². The molecule has 15 heavy (non-hydrogen) atoms. The molecule has 0 saturated carbocycles. The second-order valence-electron chi connectivity index (χ2n) is 5.42. The first kappa shape index (κ1) is 16.9.